The molecule has 6 aromatic carbocycles. The predicted octanol–water partition coefficient (Wildman–Crippen LogP) is 19.8. The van der Waals surface area contributed by atoms with E-state index in [1.54, 1.807) is 11.1 Å². The third-order valence-electron chi connectivity index (χ3n) is 17.4. The summed E-state index contributed by atoms with van der Waals surface area (Å²) < 4.78 is 0. The van der Waals surface area contributed by atoms with Gasteiger partial charge in [-0.3, -0.25) is 0 Å². The minimum Gasteiger partial charge on any atom is -0.338 e. The summed E-state index contributed by atoms with van der Waals surface area (Å²) in [6.45, 7) is 9.60. The minimum absolute atomic E-state index is 0.225. The van der Waals surface area contributed by atoms with Crippen molar-refractivity contribution in [3.8, 4) is 22.3 Å². The van der Waals surface area contributed by atoms with Crippen molar-refractivity contribution in [3.63, 3.8) is 0 Å². The van der Waals surface area contributed by atoms with Gasteiger partial charge in [-0.05, 0) is 222 Å². The zero-order chi connectivity index (χ0) is 50.0. The Kier molecular flexibility index (Phi) is 13.5. The van der Waals surface area contributed by atoms with Crippen LogP contribution >= 0.6 is 0 Å². The summed E-state index contributed by atoms with van der Waals surface area (Å²) in [5, 5.41) is 5.24. The molecule has 0 spiro atoms. The molecule has 0 radical (unpaired) electrons. The quantitative estimate of drug-likeness (QED) is 0.124. The first-order chi connectivity index (χ1) is 36.5. The average molecular weight is 962 g/mol. The van der Waals surface area contributed by atoms with Gasteiger partial charge in [0.15, 0.2) is 0 Å². The normalized spacial score (nSPS) is 21.5. The number of nitrogens with zero attached hydrogens (tertiary/aromatic N) is 1. The van der Waals surface area contributed by atoms with E-state index in [4.69, 9.17) is 6.58 Å². The van der Waals surface area contributed by atoms with E-state index < -0.39 is 0 Å². The highest BCUT2D eigenvalue weighted by Crippen LogP contribution is 2.58. The van der Waals surface area contributed by atoms with E-state index in [1.165, 1.54) is 125 Å². The number of hydrogen-bond acceptors (Lipinski definition) is 1. The summed E-state index contributed by atoms with van der Waals surface area (Å²) in [5.74, 6) is 0. The predicted molar refractivity (Wildman–Crippen MR) is 317 cm³/mol. The molecule has 2 atom stereocenters. The molecule has 0 aliphatic heterocycles. The summed E-state index contributed by atoms with van der Waals surface area (Å²) >= 11 is 0. The van der Waals surface area contributed by atoms with Crippen molar-refractivity contribution in [1.82, 2.24) is 4.90 Å². The third-order valence-corrected chi connectivity index (χ3v) is 17.4. The molecule has 6 aromatic rings. The van der Waals surface area contributed by atoms with Crippen LogP contribution in [-0.4, -0.2) is 10.9 Å². The first-order valence-corrected chi connectivity index (χ1v) is 28.0. The molecule has 74 heavy (non-hydrogen) atoms. The first kappa shape index (κ1) is 47.8. The van der Waals surface area contributed by atoms with E-state index in [2.05, 4.69) is 213 Å². The lowest BCUT2D eigenvalue weighted by molar-refractivity contribution is 0.351. The summed E-state index contributed by atoms with van der Waals surface area (Å²) in [5.41, 5.74) is 23.5. The van der Waals surface area contributed by atoms with Gasteiger partial charge in [-0.15, -0.1) is 0 Å². The molecule has 6 aliphatic carbocycles. The summed E-state index contributed by atoms with van der Waals surface area (Å²) in [7, 11) is 0. The van der Waals surface area contributed by atoms with Gasteiger partial charge in [0.25, 0.3) is 0 Å². The van der Waals surface area contributed by atoms with E-state index in [1.807, 2.05) is 0 Å². The fourth-order valence-corrected chi connectivity index (χ4v) is 13.7. The lowest BCUT2D eigenvalue weighted by Gasteiger charge is -2.47. The van der Waals surface area contributed by atoms with Gasteiger partial charge in [-0.25, -0.2) is 0 Å². The van der Waals surface area contributed by atoms with Gasteiger partial charge >= 0.3 is 0 Å². The van der Waals surface area contributed by atoms with Crippen molar-refractivity contribution in [2.75, 3.05) is 0 Å². The Morgan fingerprint density at radius 2 is 1.39 bits per heavy atom. The van der Waals surface area contributed by atoms with Gasteiger partial charge in [0.1, 0.15) is 0 Å². The summed E-state index contributed by atoms with van der Waals surface area (Å²) in [4.78, 5) is 2.74. The highest BCUT2D eigenvalue weighted by Gasteiger charge is 2.45. The van der Waals surface area contributed by atoms with Crippen molar-refractivity contribution in [3.05, 3.63) is 268 Å². The van der Waals surface area contributed by atoms with Gasteiger partial charge in [0.05, 0.1) is 11.5 Å². The molecule has 0 amide bonds. The van der Waals surface area contributed by atoms with Crippen molar-refractivity contribution >= 4 is 27.1 Å². The second-order valence-corrected chi connectivity index (χ2v) is 21.8. The van der Waals surface area contributed by atoms with E-state index >= 15 is 0 Å². The lowest BCUT2D eigenvalue weighted by Crippen LogP contribution is -2.36. The highest BCUT2D eigenvalue weighted by atomic mass is 15.2. The van der Waals surface area contributed by atoms with Gasteiger partial charge < -0.3 is 4.90 Å². The van der Waals surface area contributed by atoms with Crippen LogP contribution in [0.1, 0.15) is 118 Å². The standard InChI is InChI=1S/C73H71N/c1-51-23-16-19-36-64(51)67-45-42-57(49-70(67)68-44-41-55-26-18-21-38-66(55)71(68)50-69-52(2)39-40-54-25-17-20-37-65(54)69)56-28-22-35-62(47-56)74(61-33-14-7-15-34-61)63-43-46-72-58(48-63)27-9-4-8-24-53(3)73(72,59-29-10-5-11-30-59)60-31-12-6-13-32-60/h4,7,9-10,14-21,23,25-26,29-31,33,35-42,44-45,47-49,61H,3,5-6,8,11-13,22,24,27-28,32,34,43,46,50H2,1-2H3/b9-4-. The van der Waals surface area contributed by atoms with E-state index in [0.29, 0.717) is 0 Å². The van der Waals surface area contributed by atoms with Crippen LogP contribution in [0.15, 0.2) is 240 Å². The van der Waals surface area contributed by atoms with Crippen LogP contribution in [-0.2, 0) is 6.42 Å². The zero-order valence-electron chi connectivity index (χ0n) is 43.8. The molecule has 6 aliphatic rings. The third kappa shape index (κ3) is 8.93. The molecule has 0 fully saturated rings. The Morgan fingerprint density at radius 3 is 2.19 bits per heavy atom. The Bertz CT molecular complexity index is 3530. The van der Waals surface area contributed by atoms with Gasteiger partial charge in [0.2, 0.25) is 0 Å². The minimum atomic E-state index is -0.225. The molecule has 0 bridgehead atoms. The number of rotatable bonds is 10. The molecule has 0 saturated carbocycles. The molecule has 0 heterocycles. The van der Waals surface area contributed by atoms with Crippen molar-refractivity contribution in [2.24, 2.45) is 5.41 Å². The number of fused-ring (bicyclic) bond motifs is 2. The van der Waals surface area contributed by atoms with Crippen LogP contribution in [0.3, 0.4) is 0 Å². The molecule has 0 saturated heterocycles. The van der Waals surface area contributed by atoms with Crippen molar-refractivity contribution in [2.45, 2.75) is 116 Å². The van der Waals surface area contributed by atoms with Crippen molar-refractivity contribution in [1.29, 1.82) is 0 Å². The Morgan fingerprint density at radius 1 is 0.581 bits per heavy atom. The fourth-order valence-electron chi connectivity index (χ4n) is 13.7. The SMILES string of the molecule is C=C1CC/C=C\CC2=C(CCC(N(C3=CCCC(c4ccc(-c5ccccc5C)c(-c5ccc6ccccc6c5Cc5c(C)ccc6ccccc56)c4)=C3)C3C=CC=CC3)=C2)C1(C1=CCCC=C1)C1=CCCCC1. The molecule has 2 unspecified atom stereocenters. The van der Waals surface area contributed by atoms with Crippen LogP contribution in [0, 0.1) is 19.3 Å². The zero-order valence-corrected chi connectivity index (χ0v) is 43.8. The van der Waals surface area contributed by atoms with Crippen molar-refractivity contribution < 1.29 is 0 Å². The smallest absolute Gasteiger partial charge is 0.0581 e. The maximum absolute atomic E-state index is 5.05. The van der Waals surface area contributed by atoms with Crippen LogP contribution in [0.4, 0.5) is 0 Å². The average Bonchev–Trinajstić information content (AvgIpc) is 3.53. The molecular formula is C73H71N. The molecule has 1 heteroatoms. The number of aryl methyl sites for hydroxylation is 2. The van der Waals surface area contributed by atoms with Crippen LogP contribution in [0.25, 0.3) is 49.4 Å². The van der Waals surface area contributed by atoms with Gasteiger partial charge in [-0.2, -0.15) is 0 Å². The van der Waals surface area contributed by atoms with Crippen LogP contribution in [0.5, 0.6) is 0 Å². The van der Waals surface area contributed by atoms with E-state index in [9.17, 15) is 0 Å². The van der Waals surface area contributed by atoms with Gasteiger partial charge in [-0.1, -0.05) is 194 Å². The van der Waals surface area contributed by atoms with Crippen LogP contribution in [0.2, 0.25) is 0 Å². The Labute approximate surface area is 441 Å². The second-order valence-electron chi connectivity index (χ2n) is 21.8. The first-order valence-electron chi connectivity index (χ1n) is 28.0. The molecule has 1 nitrogen and oxygen atoms in total. The highest BCUT2D eigenvalue weighted by molar-refractivity contribution is 5.98. The molecule has 0 aromatic heterocycles. The molecule has 0 N–H and O–H groups in total. The topological polar surface area (TPSA) is 3.24 Å². The van der Waals surface area contributed by atoms with Crippen LogP contribution < -0.4 is 0 Å². The Hall–Kier alpha value is -7.22. The molecular weight excluding hydrogens is 891 g/mol. The van der Waals surface area contributed by atoms with E-state index in [0.717, 1.165) is 77.0 Å². The summed E-state index contributed by atoms with van der Waals surface area (Å²) in [6, 6.07) is 43.9. The molecule has 368 valence electrons. The number of allylic oxidation sites excluding steroid dienone is 18. The monoisotopic (exact) mass is 962 g/mol. The largest absolute Gasteiger partial charge is 0.338 e. The second kappa shape index (κ2) is 21.0. The Balaban J connectivity index is 0.997. The summed E-state index contributed by atoms with van der Waals surface area (Å²) in [6.07, 6.45) is 48.1. The maximum Gasteiger partial charge on any atom is 0.0581 e. The number of benzene rings is 6. The van der Waals surface area contributed by atoms with Gasteiger partial charge in [0, 0.05) is 11.4 Å². The maximum atomic E-state index is 5.05. The fraction of sp³-hybridized carbons (Fsp3) is 0.260. The molecule has 12 rings (SSSR count). The lowest BCUT2D eigenvalue weighted by atomic mass is 9.57. The van der Waals surface area contributed by atoms with E-state index in [-0.39, 0.29) is 11.5 Å². The number of hydrogen-bond donors (Lipinski definition) is 0.